The lowest BCUT2D eigenvalue weighted by Crippen LogP contribution is -2.20. The number of fused-ring (bicyclic) bond motifs is 1. The second-order valence-electron chi connectivity index (χ2n) is 5.87. The molecule has 0 heterocycles. The molecule has 1 aliphatic rings. The molecule has 3 aromatic rings. The van der Waals surface area contributed by atoms with Crippen molar-refractivity contribution in [1.82, 2.24) is 0 Å². The molecule has 0 atom stereocenters. The molecule has 0 fully saturated rings. The summed E-state index contributed by atoms with van der Waals surface area (Å²) in [4.78, 5) is 23.9. The van der Waals surface area contributed by atoms with Gasteiger partial charge in [0, 0.05) is 22.9 Å². The van der Waals surface area contributed by atoms with Crippen LogP contribution in [0.25, 0.3) is 16.8 Å². The molecule has 0 spiro atoms. The van der Waals surface area contributed by atoms with E-state index in [0.29, 0.717) is 11.3 Å². The summed E-state index contributed by atoms with van der Waals surface area (Å²) in [6, 6.07) is 25.3. The first-order chi connectivity index (χ1) is 12.2. The second-order valence-corrected chi connectivity index (χ2v) is 5.87. The van der Waals surface area contributed by atoms with E-state index in [4.69, 9.17) is 0 Å². The Kier molecular flexibility index (Phi) is 3.75. The van der Waals surface area contributed by atoms with E-state index in [9.17, 15) is 9.59 Å². The minimum absolute atomic E-state index is 0.443. The predicted octanol–water partition coefficient (Wildman–Crippen LogP) is 4.57. The number of allylic oxidation sites excluding steroid dienone is 1. The largest absolute Gasteiger partial charge is 0.355 e. The lowest BCUT2D eigenvalue weighted by Gasteiger charge is -2.18. The predicted molar refractivity (Wildman–Crippen MR) is 99.3 cm³/mol. The van der Waals surface area contributed by atoms with Crippen molar-refractivity contribution >= 4 is 23.0 Å². The zero-order valence-electron chi connectivity index (χ0n) is 13.4. The molecule has 4 rings (SSSR count). The second kappa shape index (κ2) is 6.21. The van der Waals surface area contributed by atoms with Crippen LogP contribution in [0, 0.1) is 0 Å². The quantitative estimate of drug-likeness (QED) is 0.717. The molecule has 0 saturated carbocycles. The molecule has 1 aliphatic carbocycles. The Bertz CT molecular complexity index is 986. The summed E-state index contributed by atoms with van der Waals surface area (Å²) in [5.41, 5.74) is 4.97. The molecular formula is C22H15NO2. The molecule has 25 heavy (non-hydrogen) atoms. The Labute approximate surface area is 145 Å². The molecule has 1 N–H and O–H groups in total. The summed E-state index contributed by atoms with van der Waals surface area (Å²) in [7, 11) is 0. The van der Waals surface area contributed by atoms with Crippen LogP contribution in [-0.2, 0) is 4.79 Å². The first kappa shape index (κ1) is 15.1. The smallest absolute Gasteiger partial charge is 0.233 e. The monoisotopic (exact) mass is 325 g/mol. The van der Waals surface area contributed by atoms with Crippen LogP contribution in [0.1, 0.15) is 15.9 Å². The van der Waals surface area contributed by atoms with Crippen LogP contribution >= 0.6 is 0 Å². The van der Waals surface area contributed by atoms with Crippen LogP contribution < -0.4 is 5.32 Å². The Morgan fingerprint density at radius 3 is 1.92 bits per heavy atom. The van der Waals surface area contributed by atoms with Crippen LogP contribution in [0.4, 0.5) is 5.69 Å². The summed E-state index contributed by atoms with van der Waals surface area (Å²) >= 11 is 0. The lowest BCUT2D eigenvalue weighted by molar-refractivity contribution is -0.111. The standard InChI is InChI=1S/C22H15NO2/c24-21-14-20(18-8-4-5-9-19(18)22(21)25)23-17-12-10-16(11-13-17)15-6-2-1-3-7-15/h1-14,23H. The Hall–Kier alpha value is -3.46. The summed E-state index contributed by atoms with van der Waals surface area (Å²) in [6.45, 7) is 0. The number of hydrogen-bond acceptors (Lipinski definition) is 3. The Morgan fingerprint density at radius 1 is 0.600 bits per heavy atom. The number of Topliss-reactive ketones (excluding diaryl/α,β-unsaturated/α-hetero) is 1. The average Bonchev–Trinajstić information content (AvgIpc) is 2.67. The highest BCUT2D eigenvalue weighted by atomic mass is 16.2. The molecule has 0 saturated heterocycles. The van der Waals surface area contributed by atoms with Crippen molar-refractivity contribution in [1.29, 1.82) is 0 Å². The number of ketones is 2. The highest BCUT2D eigenvalue weighted by molar-refractivity contribution is 6.50. The van der Waals surface area contributed by atoms with E-state index in [1.54, 1.807) is 12.1 Å². The molecule has 3 heteroatoms. The van der Waals surface area contributed by atoms with Gasteiger partial charge in [0.15, 0.2) is 0 Å². The zero-order valence-corrected chi connectivity index (χ0v) is 13.4. The molecule has 0 aromatic heterocycles. The normalized spacial score (nSPS) is 13.2. The van der Waals surface area contributed by atoms with Crippen molar-refractivity contribution in [2.75, 3.05) is 5.32 Å². The molecule has 3 aromatic carbocycles. The van der Waals surface area contributed by atoms with Gasteiger partial charge in [0.05, 0.1) is 5.70 Å². The highest BCUT2D eigenvalue weighted by Crippen LogP contribution is 2.27. The fraction of sp³-hybridized carbons (Fsp3) is 0. The molecule has 0 unspecified atom stereocenters. The van der Waals surface area contributed by atoms with E-state index in [-0.39, 0.29) is 0 Å². The fourth-order valence-electron chi connectivity index (χ4n) is 2.96. The van der Waals surface area contributed by atoms with Gasteiger partial charge in [-0.15, -0.1) is 0 Å². The van der Waals surface area contributed by atoms with Crippen molar-refractivity contribution in [3.05, 3.63) is 96.1 Å². The van der Waals surface area contributed by atoms with Crippen LogP contribution in [0.5, 0.6) is 0 Å². The van der Waals surface area contributed by atoms with Gasteiger partial charge in [-0.25, -0.2) is 0 Å². The van der Waals surface area contributed by atoms with Crippen LogP contribution in [0.3, 0.4) is 0 Å². The van der Waals surface area contributed by atoms with Crippen molar-refractivity contribution in [2.45, 2.75) is 0 Å². The molecule has 3 nitrogen and oxygen atoms in total. The van der Waals surface area contributed by atoms with E-state index in [1.807, 2.05) is 54.6 Å². The molecule has 120 valence electrons. The Morgan fingerprint density at radius 2 is 1.20 bits per heavy atom. The van der Waals surface area contributed by atoms with E-state index >= 15 is 0 Å². The van der Waals surface area contributed by atoms with Crippen molar-refractivity contribution in [3.8, 4) is 11.1 Å². The number of nitrogens with one attached hydrogen (secondary N) is 1. The third-order valence-electron chi connectivity index (χ3n) is 4.23. The number of carbonyl (C=O) groups excluding carboxylic acids is 2. The van der Waals surface area contributed by atoms with E-state index in [1.165, 1.54) is 6.08 Å². The molecule has 0 radical (unpaired) electrons. The Balaban J connectivity index is 1.63. The summed E-state index contributed by atoms with van der Waals surface area (Å²) in [5.74, 6) is -0.956. The van der Waals surface area contributed by atoms with Crippen LogP contribution in [0.2, 0.25) is 0 Å². The van der Waals surface area contributed by atoms with Gasteiger partial charge in [0.1, 0.15) is 0 Å². The summed E-state index contributed by atoms with van der Waals surface area (Å²) in [6.07, 6.45) is 1.37. The maximum absolute atomic E-state index is 12.0. The third kappa shape index (κ3) is 2.88. The van der Waals surface area contributed by atoms with Gasteiger partial charge in [0.25, 0.3) is 0 Å². The number of carbonyl (C=O) groups is 2. The van der Waals surface area contributed by atoms with E-state index in [2.05, 4.69) is 17.4 Å². The lowest BCUT2D eigenvalue weighted by atomic mass is 9.92. The van der Waals surface area contributed by atoms with Gasteiger partial charge in [-0.2, -0.15) is 0 Å². The number of rotatable bonds is 3. The van der Waals surface area contributed by atoms with Gasteiger partial charge in [-0.1, -0.05) is 66.7 Å². The maximum atomic E-state index is 12.0. The van der Waals surface area contributed by atoms with Crippen LogP contribution in [0.15, 0.2) is 84.9 Å². The van der Waals surface area contributed by atoms with Gasteiger partial charge in [-0.3, -0.25) is 9.59 Å². The average molecular weight is 325 g/mol. The highest BCUT2D eigenvalue weighted by Gasteiger charge is 2.25. The van der Waals surface area contributed by atoms with E-state index in [0.717, 1.165) is 22.4 Å². The van der Waals surface area contributed by atoms with Crippen molar-refractivity contribution in [3.63, 3.8) is 0 Å². The molecule has 0 amide bonds. The van der Waals surface area contributed by atoms with Gasteiger partial charge >= 0.3 is 0 Å². The minimum Gasteiger partial charge on any atom is -0.355 e. The number of anilines is 1. The molecule has 0 aliphatic heterocycles. The third-order valence-corrected chi connectivity index (χ3v) is 4.23. The maximum Gasteiger partial charge on any atom is 0.233 e. The first-order valence-electron chi connectivity index (χ1n) is 8.04. The topological polar surface area (TPSA) is 46.2 Å². The zero-order chi connectivity index (χ0) is 17.2. The molecule has 0 bridgehead atoms. The SMILES string of the molecule is O=C1C=C(Nc2ccc(-c3ccccc3)cc2)c2ccccc2C1=O. The van der Waals surface area contributed by atoms with Gasteiger partial charge in [-0.05, 0) is 23.3 Å². The van der Waals surface area contributed by atoms with Gasteiger partial charge in [0.2, 0.25) is 11.6 Å². The fourth-order valence-corrected chi connectivity index (χ4v) is 2.96. The van der Waals surface area contributed by atoms with Crippen LogP contribution in [-0.4, -0.2) is 11.6 Å². The number of benzene rings is 3. The summed E-state index contributed by atoms with van der Waals surface area (Å²) < 4.78 is 0. The summed E-state index contributed by atoms with van der Waals surface area (Å²) in [5, 5.41) is 3.25. The number of hydrogen-bond donors (Lipinski definition) is 1. The minimum atomic E-state index is -0.498. The van der Waals surface area contributed by atoms with E-state index < -0.39 is 11.6 Å². The first-order valence-corrected chi connectivity index (χ1v) is 8.04. The van der Waals surface area contributed by atoms with Gasteiger partial charge < -0.3 is 5.32 Å². The molecular weight excluding hydrogens is 310 g/mol. The van der Waals surface area contributed by atoms with Crippen molar-refractivity contribution in [2.24, 2.45) is 0 Å². The van der Waals surface area contributed by atoms with Crippen molar-refractivity contribution < 1.29 is 9.59 Å².